The van der Waals surface area contributed by atoms with Crippen LogP contribution in [0, 0.1) is 0 Å². The molecule has 1 saturated carbocycles. The predicted octanol–water partition coefficient (Wildman–Crippen LogP) is 3.25. The van der Waals surface area contributed by atoms with E-state index in [9.17, 15) is 0 Å². The summed E-state index contributed by atoms with van der Waals surface area (Å²) in [6, 6.07) is 4.73. The number of nitrogens with two attached hydrogens (primary N) is 1. The summed E-state index contributed by atoms with van der Waals surface area (Å²) in [5, 5.41) is 2.30. The standard InChI is InChI=1S/C16H24BrNO2/c1-11(2)18-10-12-8-15(19-3)16(9-14(12)17)20-13-6-4-5-7-13/h8-9,11,13,18H,4-7,10H2,1-3H3/p+1. The molecule has 2 N–H and O–H groups in total. The van der Waals surface area contributed by atoms with Crippen molar-refractivity contribution in [1.82, 2.24) is 0 Å². The van der Waals surface area contributed by atoms with Gasteiger partial charge in [-0.1, -0.05) is 15.9 Å². The minimum Gasteiger partial charge on any atom is -0.493 e. The van der Waals surface area contributed by atoms with E-state index in [-0.39, 0.29) is 0 Å². The largest absolute Gasteiger partial charge is 0.493 e. The first-order valence-electron chi connectivity index (χ1n) is 7.46. The maximum atomic E-state index is 6.09. The van der Waals surface area contributed by atoms with Crippen molar-refractivity contribution in [1.29, 1.82) is 0 Å². The Bertz CT molecular complexity index is 442. The second kappa shape index (κ2) is 7.32. The number of hydrogen-bond acceptors (Lipinski definition) is 2. The molecule has 0 aliphatic heterocycles. The van der Waals surface area contributed by atoms with Crippen LogP contribution in [-0.4, -0.2) is 19.3 Å². The van der Waals surface area contributed by atoms with Crippen LogP contribution in [0.5, 0.6) is 11.5 Å². The highest BCUT2D eigenvalue weighted by Crippen LogP contribution is 2.35. The van der Waals surface area contributed by atoms with E-state index in [4.69, 9.17) is 9.47 Å². The molecular weight excluding hydrogens is 318 g/mol. The summed E-state index contributed by atoms with van der Waals surface area (Å²) >= 11 is 3.65. The van der Waals surface area contributed by atoms with Crippen molar-refractivity contribution in [2.45, 2.75) is 58.2 Å². The van der Waals surface area contributed by atoms with E-state index in [1.165, 1.54) is 18.4 Å². The van der Waals surface area contributed by atoms with Crippen LogP contribution in [0.25, 0.3) is 0 Å². The smallest absolute Gasteiger partial charge is 0.162 e. The van der Waals surface area contributed by atoms with Gasteiger partial charge in [-0.3, -0.25) is 0 Å². The SMILES string of the molecule is COc1cc(C[NH2+]C(C)C)c(Br)cc1OC1CCCC1. The molecule has 0 aromatic heterocycles. The monoisotopic (exact) mass is 342 g/mol. The summed E-state index contributed by atoms with van der Waals surface area (Å²) in [6.45, 7) is 5.34. The summed E-state index contributed by atoms with van der Waals surface area (Å²) in [7, 11) is 1.71. The van der Waals surface area contributed by atoms with Crippen molar-refractivity contribution in [2.75, 3.05) is 7.11 Å². The summed E-state index contributed by atoms with van der Waals surface area (Å²) in [5.74, 6) is 1.70. The fourth-order valence-electron chi connectivity index (χ4n) is 2.53. The van der Waals surface area contributed by atoms with Crippen molar-refractivity contribution in [3.05, 3.63) is 22.2 Å². The first kappa shape index (κ1) is 15.6. The van der Waals surface area contributed by atoms with E-state index < -0.39 is 0 Å². The molecular formula is C16H25BrNO2+. The van der Waals surface area contributed by atoms with Gasteiger partial charge in [-0.2, -0.15) is 0 Å². The van der Waals surface area contributed by atoms with E-state index in [1.54, 1.807) is 7.11 Å². The third-order valence-corrected chi connectivity index (χ3v) is 4.48. The lowest BCUT2D eigenvalue weighted by Gasteiger charge is -2.17. The zero-order valence-electron chi connectivity index (χ0n) is 12.6. The van der Waals surface area contributed by atoms with E-state index in [0.29, 0.717) is 12.1 Å². The van der Waals surface area contributed by atoms with Gasteiger partial charge in [-0.25, -0.2) is 0 Å². The van der Waals surface area contributed by atoms with Crippen LogP contribution in [-0.2, 0) is 6.54 Å². The highest BCUT2D eigenvalue weighted by Gasteiger charge is 2.19. The summed E-state index contributed by atoms with van der Waals surface area (Å²) in [4.78, 5) is 0. The molecule has 2 rings (SSSR count). The molecule has 0 spiro atoms. The molecule has 0 unspecified atom stereocenters. The minimum absolute atomic E-state index is 0.351. The Balaban J connectivity index is 2.13. The molecule has 0 heterocycles. The second-order valence-corrected chi connectivity index (χ2v) is 6.66. The first-order valence-corrected chi connectivity index (χ1v) is 8.26. The molecule has 1 aliphatic carbocycles. The topological polar surface area (TPSA) is 35.1 Å². The van der Waals surface area contributed by atoms with Crippen molar-refractivity contribution < 1.29 is 14.8 Å². The average molecular weight is 343 g/mol. The second-order valence-electron chi connectivity index (χ2n) is 5.80. The van der Waals surface area contributed by atoms with Gasteiger partial charge in [0.25, 0.3) is 0 Å². The zero-order chi connectivity index (χ0) is 14.5. The molecule has 20 heavy (non-hydrogen) atoms. The maximum absolute atomic E-state index is 6.09. The molecule has 4 heteroatoms. The Morgan fingerprint density at radius 2 is 1.95 bits per heavy atom. The lowest BCUT2D eigenvalue weighted by Crippen LogP contribution is -2.86. The van der Waals surface area contributed by atoms with Crippen LogP contribution >= 0.6 is 15.9 Å². The van der Waals surface area contributed by atoms with E-state index in [0.717, 1.165) is 35.4 Å². The molecule has 0 saturated heterocycles. The van der Waals surface area contributed by atoms with Gasteiger partial charge in [0, 0.05) is 10.0 Å². The average Bonchev–Trinajstić information content (AvgIpc) is 2.90. The number of hydrogen-bond donors (Lipinski definition) is 1. The normalized spacial score (nSPS) is 15.8. The minimum atomic E-state index is 0.351. The summed E-state index contributed by atoms with van der Waals surface area (Å²) in [5.41, 5.74) is 1.24. The third-order valence-electron chi connectivity index (χ3n) is 3.74. The maximum Gasteiger partial charge on any atom is 0.162 e. The first-order chi connectivity index (χ1) is 9.60. The van der Waals surface area contributed by atoms with E-state index in [1.807, 2.05) is 0 Å². The van der Waals surface area contributed by atoms with Crippen LogP contribution < -0.4 is 14.8 Å². The number of quaternary nitrogens is 1. The Morgan fingerprint density at radius 3 is 2.55 bits per heavy atom. The van der Waals surface area contributed by atoms with Gasteiger partial charge in [-0.15, -0.1) is 0 Å². The van der Waals surface area contributed by atoms with Gasteiger partial charge >= 0.3 is 0 Å². The van der Waals surface area contributed by atoms with Crippen molar-refractivity contribution in [2.24, 2.45) is 0 Å². The lowest BCUT2D eigenvalue weighted by molar-refractivity contribution is -0.698. The fraction of sp³-hybridized carbons (Fsp3) is 0.625. The Kier molecular flexibility index (Phi) is 5.73. The number of methoxy groups -OCH3 is 1. The highest BCUT2D eigenvalue weighted by molar-refractivity contribution is 9.10. The van der Waals surface area contributed by atoms with Gasteiger partial charge in [0.05, 0.1) is 19.3 Å². The number of halogens is 1. The Morgan fingerprint density at radius 1 is 1.25 bits per heavy atom. The molecule has 1 aliphatic rings. The van der Waals surface area contributed by atoms with Gasteiger partial charge < -0.3 is 14.8 Å². The molecule has 0 amide bonds. The molecule has 3 nitrogen and oxygen atoms in total. The van der Waals surface area contributed by atoms with Crippen LogP contribution in [0.4, 0.5) is 0 Å². The van der Waals surface area contributed by atoms with Gasteiger partial charge in [-0.05, 0) is 51.7 Å². The van der Waals surface area contributed by atoms with Crippen molar-refractivity contribution >= 4 is 15.9 Å². The molecule has 0 bridgehead atoms. The van der Waals surface area contributed by atoms with Crippen LogP contribution in [0.2, 0.25) is 0 Å². The summed E-state index contributed by atoms with van der Waals surface area (Å²) in [6.07, 6.45) is 5.21. The van der Waals surface area contributed by atoms with E-state index in [2.05, 4.69) is 47.2 Å². The van der Waals surface area contributed by atoms with Crippen LogP contribution in [0.3, 0.4) is 0 Å². The molecule has 1 fully saturated rings. The Labute approximate surface area is 130 Å². The molecule has 112 valence electrons. The van der Waals surface area contributed by atoms with Gasteiger partial charge in [0.15, 0.2) is 11.5 Å². The summed E-state index contributed by atoms with van der Waals surface area (Å²) < 4.78 is 12.7. The van der Waals surface area contributed by atoms with Crippen molar-refractivity contribution in [3.8, 4) is 11.5 Å². The fourth-order valence-corrected chi connectivity index (χ4v) is 3.02. The molecule has 1 aromatic carbocycles. The predicted molar refractivity (Wildman–Crippen MR) is 84.3 cm³/mol. The number of benzene rings is 1. The molecule has 0 atom stereocenters. The van der Waals surface area contributed by atoms with Gasteiger partial charge in [0.1, 0.15) is 6.54 Å². The zero-order valence-corrected chi connectivity index (χ0v) is 14.2. The van der Waals surface area contributed by atoms with E-state index >= 15 is 0 Å². The number of rotatable bonds is 6. The van der Waals surface area contributed by atoms with Crippen molar-refractivity contribution in [3.63, 3.8) is 0 Å². The molecule has 0 radical (unpaired) electrons. The number of ether oxygens (including phenoxy) is 2. The van der Waals surface area contributed by atoms with Crippen LogP contribution in [0.1, 0.15) is 45.1 Å². The quantitative estimate of drug-likeness (QED) is 0.861. The third kappa shape index (κ3) is 4.13. The molecule has 1 aromatic rings. The van der Waals surface area contributed by atoms with Crippen LogP contribution in [0.15, 0.2) is 16.6 Å². The Hall–Kier alpha value is -0.740. The highest BCUT2D eigenvalue weighted by atomic mass is 79.9. The van der Waals surface area contributed by atoms with Gasteiger partial charge in [0.2, 0.25) is 0 Å². The lowest BCUT2D eigenvalue weighted by atomic mass is 10.2.